The van der Waals surface area contributed by atoms with Gasteiger partial charge in [-0.1, -0.05) is 18.2 Å². The van der Waals surface area contributed by atoms with E-state index in [4.69, 9.17) is 11.5 Å². The van der Waals surface area contributed by atoms with E-state index in [1.54, 1.807) is 4.68 Å². The third-order valence-corrected chi connectivity index (χ3v) is 3.77. The van der Waals surface area contributed by atoms with E-state index in [9.17, 15) is 5.26 Å². The Morgan fingerprint density at radius 2 is 2.05 bits per heavy atom. The molecular weight excluding hydrogens is 264 g/mol. The molecule has 1 fully saturated rings. The fourth-order valence-electron chi connectivity index (χ4n) is 2.72. The average molecular weight is 282 g/mol. The van der Waals surface area contributed by atoms with E-state index in [1.807, 2.05) is 30.3 Å². The molecule has 3 rings (SSSR count). The lowest BCUT2D eigenvalue weighted by Gasteiger charge is -2.30. The molecule has 2 heterocycles. The van der Waals surface area contributed by atoms with Gasteiger partial charge >= 0.3 is 0 Å². The van der Waals surface area contributed by atoms with Crippen molar-refractivity contribution >= 4 is 11.6 Å². The first-order valence-corrected chi connectivity index (χ1v) is 7.05. The van der Waals surface area contributed by atoms with E-state index in [-0.39, 0.29) is 6.04 Å². The minimum Gasteiger partial charge on any atom is -0.382 e. The van der Waals surface area contributed by atoms with Crippen molar-refractivity contribution in [3.05, 3.63) is 35.9 Å². The fourth-order valence-corrected chi connectivity index (χ4v) is 2.72. The molecule has 0 spiro atoms. The highest BCUT2D eigenvalue weighted by atomic mass is 15.4. The summed E-state index contributed by atoms with van der Waals surface area (Å²) in [6, 6.07) is 11.9. The van der Waals surface area contributed by atoms with E-state index >= 15 is 0 Å². The molecule has 1 unspecified atom stereocenters. The van der Waals surface area contributed by atoms with E-state index in [1.165, 1.54) is 0 Å². The van der Waals surface area contributed by atoms with Crippen LogP contribution in [0.1, 0.15) is 18.4 Å². The average Bonchev–Trinajstić information content (AvgIpc) is 2.85. The number of hydrogen-bond acceptors (Lipinski definition) is 5. The van der Waals surface area contributed by atoms with Crippen molar-refractivity contribution in [2.75, 3.05) is 23.7 Å². The Balaban J connectivity index is 2.04. The summed E-state index contributed by atoms with van der Waals surface area (Å²) in [4.78, 5) is 2.06. The number of aromatic nitrogens is 2. The van der Waals surface area contributed by atoms with Crippen LogP contribution >= 0.6 is 0 Å². The van der Waals surface area contributed by atoms with Gasteiger partial charge in [-0.05, 0) is 25.0 Å². The molecule has 1 aliphatic rings. The zero-order valence-electron chi connectivity index (χ0n) is 11.7. The van der Waals surface area contributed by atoms with Gasteiger partial charge in [0.05, 0.1) is 5.69 Å². The van der Waals surface area contributed by atoms with Gasteiger partial charge in [-0.2, -0.15) is 5.26 Å². The second kappa shape index (κ2) is 5.46. The van der Waals surface area contributed by atoms with Crippen molar-refractivity contribution < 1.29 is 0 Å². The first-order valence-electron chi connectivity index (χ1n) is 7.05. The highest BCUT2D eigenvalue weighted by Gasteiger charge is 2.25. The zero-order chi connectivity index (χ0) is 14.8. The predicted molar refractivity (Wildman–Crippen MR) is 82.1 cm³/mol. The number of rotatable bonds is 2. The van der Waals surface area contributed by atoms with Crippen LogP contribution in [0.2, 0.25) is 0 Å². The molecule has 0 saturated carbocycles. The molecule has 108 valence electrons. The van der Waals surface area contributed by atoms with Crippen LogP contribution in [0.4, 0.5) is 11.6 Å². The van der Waals surface area contributed by atoms with E-state index in [0.29, 0.717) is 23.7 Å². The quantitative estimate of drug-likeness (QED) is 0.864. The third-order valence-electron chi connectivity index (χ3n) is 3.77. The predicted octanol–water partition coefficient (Wildman–Crippen LogP) is 1.25. The number of nitrogen functional groups attached to an aromatic ring is 1. The van der Waals surface area contributed by atoms with Crippen LogP contribution in [0.5, 0.6) is 0 Å². The number of nitriles is 1. The Kier molecular flexibility index (Phi) is 3.50. The van der Waals surface area contributed by atoms with Crippen LogP contribution in [-0.4, -0.2) is 28.9 Å². The molecular formula is C15H18N6. The van der Waals surface area contributed by atoms with Crippen LogP contribution in [0.3, 0.4) is 0 Å². The van der Waals surface area contributed by atoms with Gasteiger partial charge in [0.1, 0.15) is 17.5 Å². The molecule has 2 aromatic rings. The Labute approximate surface area is 123 Å². The maximum absolute atomic E-state index is 9.41. The summed E-state index contributed by atoms with van der Waals surface area (Å²) in [6.07, 6.45) is 2.01. The summed E-state index contributed by atoms with van der Waals surface area (Å²) in [5, 5.41) is 14.0. The van der Waals surface area contributed by atoms with E-state index < -0.39 is 0 Å². The van der Waals surface area contributed by atoms with Gasteiger partial charge in [-0.15, -0.1) is 5.10 Å². The number of piperidine rings is 1. The summed E-state index contributed by atoms with van der Waals surface area (Å²) in [6.45, 7) is 1.56. The minimum atomic E-state index is 0.119. The van der Waals surface area contributed by atoms with E-state index in [2.05, 4.69) is 16.1 Å². The number of para-hydroxylation sites is 1. The molecule has 21 heavy (non-hydrogen) atoms. The summed E-state index contributed by atoms with van der Waals surface area (Å²) in [5.41, 5.74) is 13.4. The molecule has 0 radical (unpaired) electrons. The third kappa shape index (κ3) is 2.43. The molecule has 4 N–H and O–H groups in total. The SMILES string of the molecule is N#Cc1c(N2CCCC(N)C2)nn(-c2ccccc2)c1N. The Hall–Kier alpha value is -2.52. The molecule has 1 aliphatic heterocycles. The van der Waals surface area contributed by atoms with Crippen molar-refractivity contribution in [1.29, 1.82) is 5.26 Å². The Morgan fingerprint density at radius 1 is 1.29 bits per heavy atom. The summed E-state index contributed by atoms with van der Waals surface area (Å²) >= 11 is 0. The summed E-state index contributed by atoms with van der Waals surface area (Å²) in [5.74, 6) is 1.01. The Bertz CT molecular complexity index is 669. The first-order chi connectivity index (χ1) is 10.2. The second-order valence-electron chi connectivity index (χ2n) is 5.29. The first kappa shape index (κ1) is 13.5. The molecule has 6 heteroatoms. The van der Waals surface area contributed by atoms with Crippen molar-refractivity contribution in [2.24, 2.45) is 5.73 Å². The van der Waals surface area contributed by atoms with Crippen molar-refractivity contribution in [2.45, 2.75) is 18.9 Å². The van der Waals surface area contributed by atoms with Crippen LogP contribution in [-0.2, 0) is 0 Å². The smallest absolute Gasteiger partial charge is 0.171 e. The number of benzene rings is 1. The fraction of sp³-hybridized carbons (Fsp3) is 0.333. The van der Waals surface area contributed by atoms with Gasteiger partial charge in [0, 0.05) is 19.1 Å². The molecule has 1 aromatic heterocycles. The maximum atomic E-state index is 9.41. The van der Waals surface area contributed by atoms with Gasteiger partial charge in [-0.3, -0.25) is 0 Å². The number of nitrogens with two attached hydrogens (primary N) is 2. The summed E-state index contributed by atoms with van der Waals surface area (Å²) < 4.78 is 1.62. The van der Waals surface area contributed by atoms with Crippen LogP contribution in [0, 0.1) is 11.3 Å². The topological polar surface area (TPSA) is 96.9 Å². The van der Waals surface area contributed by atoms with Crippen LogP contribution in [0.15, 0.2) is 30.3 Å². The molecule has 6 nitrogen and oxygen atoms in total. The molecule has 1 atom stereocenters. The largest absolute Gasteiger partial charge is 0.382 e. The van der Waals surface area contributed by atoms with Gasteiger partial charge in [0.2, 0.25) is 0 Å². The van der Waals surface area contributed by atoms with Gasteiger partial charge in [0.15, 0.2) is 5.82 Å². The number of hydrogen-bond donors (Lipinski definition) is 2. The molecule has 1 saturated heterocycles. The number of anilines is 2. The lowest BCUT2D eigenvalue weighted by molar-refractivity contribution is 0.502. The zero-order valence-corrected chi connectivity index (χ0v) is 11.7. The molecule has 0 amide bonds. The Morgan fingerprint density at radius 3 is 2.71 bits per heavy atom. The van der Waals surface area contributed by atoms with Gasteiger partial charge in [0.25, 0.3) is 0 Å². The lowest BCUT2D eigenvalue weighted by Crippen LogP contribution is -2.43. The van der Waals surface area contributed by atoms with Crippen molar-refractivity contribution in [3.63, 3.8) is 0 Å². The highest BCUT2D eigenvalue weighted by Crippen LogP contribution is 2.28. The van der Waals surface area contributed by atoms with Gasteiger partial charge in [-0.25, -0.2) is 4.68 Å². The van der Waals surface area contributed by atoms with E-state index in [0.717, 1.165) is 25.1 Å². The van der Waals surface area contributed by atoms with Crippen molar-refractivity contribution in [1.82, 2.24) is 9.78 Å². The molecule has 0 aliphatic carbocycles. The summed E-state index contributed by atoms with van der Waals surface area (Å²) in [7, 11) is 0. The van der Waals surface area contributed by atoms with Crippen LogP contribution in [0.25, 0.3) is 5.69 Å². The maximum Gasteiger partial charge on any atom is 0.171 e. The minimum absolute atomic E-state index is 0.119. The van der Waals surface area contributed by atoms with Crippen molar-refractivity contribution in [3.8, 4) is 11.8 Å². The van der Waals surface area contributed by atoms with Gasteiger partial charge < -0.3 is 16.4 Å². The normalized spacial score (nSPS) is 18.5. The molecule has 0 bridgehead atoms. The second-order valence-corrected chi connectivity index (χ2v) is 5.29. The standard InChI is InChI=1S/C15H18N6/c16-9-13-14(18)21(12-6-2-1-3-7-12)19-15(13)20-8-4-5-11(17)10-20/h1-3,6-7,11H,4-5,8,10,17-18H2. The highest BCUT2D eigenvalue weighted by molar-refractivity contribution is 5.67. The monoisotopic (exact) mass is 282 g/mol. The molecule has 1 aromatic carbocycles. The lowest BCUT2D eigenvalue weighted by atomic mass is 10.1. The van der Waals surface area contributed by atoms with Crippen LogP contribution < -0.4 is 16.4 Å². The number of nitrogens with zero attached hydrogens (tertiary/aromatic N) is 4.